The molecule has 0 amide bonds. The third-order valence-corrected chi connectivity index (χ3v) is 1.56. The van der Waals surface area contributed by atoms with Crippen molar-refractivity contribution in [1.29, 1.82) is 0 Å². The summed E-state index contributed by atoms with van der Waals surface area (Å²) in [6.45, 7) is 8.31. The maximum Gasteiger partial charge on any atom is 0.0474 e. The van der Waals surface area contributed by atoms with Crippen LogP contribution in [-0.2, 0) is 4.74 Å². The molecule has 12 heavy (non-hydrogen) atoms. The fraction of sp³-hybridized carbons (Fsp3) is 1.00. The van der Waals surface area contributed by atoms with Crippen LogP contribution in [0.25, 0.3) is 0 Å². The third kappa shape index (κ3) is 9.88. The van der Waals surface area contributed by atoms with Crippen LogP contribution < -0.4 is 10.6 Å². The molecule has 74 valence electrons. The van der Waals surface area contributed by atoms with E-state index in [4.69, 9.17) is 4.74 Å². The van der Waals surface area contributed by atoms with Crippen LogP contribution >= 0.6 is 0 Å². The summed E-state index contributed by atoms with van der Waals surface area (Å²) in [5.74, 6) is 0. The van der Waals surface area contributed by atoms with E-state index in [0.717, 1.165) is 32.7 Å². The van der Waals surface area contributed by atoms with Gasteiger partial charge in [-0.15, -0.1) is 0 Å². The van der Waals surface area contributed by atoms with Gasteiger partial charge in [0.1, 0.15) is 0 Å². The molecule has 0 aromatic heterocycles. The second-order valence-electron chi connectivity index (χ2n) is 3.21. The first-order valence-corrected chi connectivity index (χ1v) is 4.70. The number of hydrogen-bond acceptors (Lipinski definition) is 3. The summed E-state index contributed by atoms with van der Waals surface area (Å²) >= 11 is 0. The maximum atomic E-state index is 4.93. The number of hydrogen-bond donors (Lipinski definition) is 2. The van der Waals surface area contributed by atoms with Crippen molar-refractivity contribution in [2.45, 2.75) is 26.3 Å². The first-order valence-electron chi connectivity index (χ1n) is 4.70. The Morgan fingerprint density at radius 2 is 1.92 bits per heavy atom. The lowest BCUT2D eigenvalue weighted by molar-refractivity contribution is 0.194. The summed E-state index contributed by atoms with van der Waals surface area (Å²) in [4.78, 5) is 0. The molecule has 0 bridgehead atoms. The monoisotopic (exact) mass is 174 g/mol. The van der Waals surface area contributed by atoms with E-state index in [-0.39, 0.29) is 0 Å². The van der Waals surface area contributed by atoms with E-state index in [2.05, 4.69) is 24.5 Å². The molecule has 0 aliphatic heterocycles. The van der Waals surface area contributed by atoms with Gasteiger partial charge in [-0.1, -0.05) is 13.8 Å². The van der Waals surface area contributed by atoms with Gasteiger partial charge in [0.15, 0.2) is 0 Å². The minimum absolute atomic E-state index is 0.589. The van der Waals surface area contributed by atoms with E-state index in [1.165, 1.54) is 0 Å². The Kier molecular flexibility index (Phi) is 8.88. The molecule has 0 saturated carbocycles. The van der Waals surface area contributed by atoms with Crippen molar-refractivity contribution in [2.24, 2.45) is 0 Å². The van der Waals surface area contributed by atoms with E-state index in [1.807, 2.05) is 0 Å². The molecular weight excluding hydrogens is 152 g/mol. The summed E-state index contributed by atoms with van der Waals surface area (Å²) in [6, 6.07) is 0.589. The van der Waals surface area contributed by atoms with Crippen molar-refractivity contribution >= 4 is 0 Å². The molecule has 0 aromatic carbocycles. The van der Waals surface area contributed by atoms with Gasteiger partial charge >= 0.3 is 0 Å². The molecule has 0 heterocycles. The number of rotatable bonds is 8. The first kappa shape index (κ1) is 11.9. The molecule has 0 saturated heterocycles. The number of nitrogens with one attached hydrogen (secondary N) is 2. The molecule has 0 radical (unpaired) electrons. The smallest absolute Gasteiger partial charge is 0.0474 e. The Morgan fingerprint density at radius 3 is 2.50 bits per heavy atom. The molecule has 3 heteroatoms. The van der Waals surface area contributed by atoms with Gasteiger partial charge < -0.3 is 15.4 Å². The fourth-order valence-corrected chi connectivity index (χ4v) is 0.916. The van der Waals surface area contributed by atoms with Crippen molar-refractivity contribution in [2.75, 3.05) is 33.4 Å². The second-order valence-corrected chi connectivity index (χ2v) is 3.21. The lowest BCUT2D eigenvalue weighted by Gasteiger charge is -2.08. The lowest BCUT2D eigenvalue weighted by atomic mass is 10.4. The minimum Gasteiger partial charge on any atom is -0.385 e. The van der Waals surface area contributed by atoms with E-state index < -0.39 is 0 Å². The highest BCUT2D eigenvalue weighted by atomic mass is 16.5. The molecule has 0 rings (SSSR count). The van der Waals surface area contributed by atoms with Crippen LogP contribution in [0.1, 0.15) is 20.3 Å². The fourth-order valence-electron chi connectivity index (χ4n) is 0.916. The zero-order chi connectivity index (χ0) is 9.23. The first-order chi connectivity index (χ1) is 5.77. The zero-order valence-corrected chi connectivity index (χ0v) is 8.52. The molecular formula is C9H22N2O. The van der Waals surface area contributed by atoms with Crippen LogP contribution in [0, 0.1) is 0 Å². The quantitative estimate of drug-likeness (QED) is 0.529. The Labute approximate surface area is 75.9 Å². The van der Waals surface area contributed by atoms with Crippen LogP contribution in [0.15, 0.2) is 0 Å². The van der Waals surface area contributed by atoms with Crippen LogP contribution in [0.5, 0.6) is 0 Å². The summed E-state index contributed by atoms with van der Waals surface area (Å²) in [6.07, 6.45) is 1.10. The second kappa shape index (κ2) is 8.97. The van der Waals surface area contributed by atoms with E-state index >= 15 is 0 Å². The highest BCUT2D eigenvalue weighted by Gasteiger charge is 1.90. The average molecular weight is 174 g/mol. The molecule has 0 aliphatic rings. The molecule has 0 spiro atoms. The summed E-state index contributed by atoms with van der Waals surface area (Å²) in [7, 11) is 1.74. The minimum atomic E-state index is 0.589. The Bertz CT molecular complexity index is 86.6. The molecule has 0 aliphatic carbocycles. The molecule has 0 fully saturated rings. The Hall–Kier alpha value is -0.120. The predicted molar refractivity (Wildman–Crippen MR) is 52.5 cm³/mol. The van der Waals surface area contributed by atoms with Gasteiger partial charge in [-0.05, 0) is 13.0 Å². The summed E-state index contributed by atoms with van der Waals surface area (Å²) in [5.41, 5.74) is 0. The van der Waals surface area contributed by atoms with Gasteiger partial charge in [0, 0.05) is 32.8 Å². The Balaban J connectivity index is 2.82. The van der Waals surface area contributed by atoms with Gasteiger partial charge in [-0.2, -0.15) is 0 Å². The number of ether oxygens (including phenoxy) is 1. The summed E-state index contributed by atoms with van der Waals surface area (Å²) in [5, 5.41) is 6.68. The SMILES string of the molecule is COCCCNCCNC(C)C. The standard InChI is InChI=1S/C9H22N2O/c1-9(2)11-7-6-10-5-4-8-12-3/h9-11H,4-8H2,1-3H3. The van der Waals surface area contributed by atoms with E-state index in [1.54, 1.807) is 7.11 Å². The van der Waals surface area contributed by atoms with E-state index in [9.17, 15) is 0 Å². The number of methoxy groups -OCH3 is 1. The highest BCUT2D eigenvalue weighted by molar-refractivity contribution is 4.55. The molecule has 0 unspecified atom stereocenters. The van der Waals surface area contributed by atoms with Gasteiger partial charge in [0.25, 0.3) is 0 Å². The predicted octanol–water partition coefficient (Wildman–Crippen LogP) is 0.611. The van der Waals surface area contributed by atoms with Crippen LogP contribution in [-0.4, -0.2) is 39.4 Å². The third-order valence-electron chi connectivity index (χ3n) is 1.56. The molecule has 0 atom stereocenters. The van der Waals surface area contributed by atoms with Gasteiger partial charge in [-0.3, -0.25) is 0 Å². The topological polar surface area (TPSA) is 33.3 Å². The van der Waals surface area contributed by atoms with Gasteiger partial charge in [0.2, 0.25) is 0 Å². The van der Waals surface area contributed by atoms with Crippen molar-refractivity contribution in [3.63, 3.8) is 0 Å². The van der Waals surface area contributed by atoms with Crippen LogP contribution in [0.3, 0.4) is 0 Å². The van der Waals surface area contributed by atoms with Crippen molar-refractivity contribution in [1.82, 2.24) is 10.6 Å². The normalized spacial score (nSPS) is 11.0. The highest BCUT2D eigenvalue weighted by Crippen LogP contribution is 1.77. The zero-order valence-electron chi connectivity index (χ0n) is 8.52. The van der Waals surface area contributed by atoms with Crippen LogP contribution in [0.4, 0.5) is 0 Å². The molecule has 2 N–H and O–H groups in total. The largest absolute Gasteiger partial charge is 0.385 e. The van der Waals surface area contributed by atoms with Gasteiger partial charge in [0.05, 0.1) is 0 Å². The van der Waals surface area contributed by atoms with Crippen molar-refractivity contribution < 1.29 is 4.74 Å². The van der Waals surface area contributed by atoms with Crippen molar-refractivity contribution in [3.8, 4) is 0 Å². The van der Waals surface area contributed by atoms with Gasteiger partial charge in [-0.25, -0.2) is 0 Å². The van der Waals surface area contributed by atoms with E-state index in [0.29, 0.717) is 6.04 Å². The lowest BCUT2D eigenvalue weighted by Crippen LogP contribution is -2.32. The maximum absolute atomic E-state index is 4.93. The Morgan fingerprint density at radius 1 is 1.17 bits per heavy atom. The molecule has 0 aromatic rings. The molecule has 3 nitrogen and oxygen atoms in total. The van der Waals surface area contributed by atoms with Crippen LogP contribution in [0.2, 0.25) is 0 Å². The van der Waals surface area contributed by atoms with Crippen molar-refractivity contribution in [3.05, 3.63) is 0 Å². The average Bonchev–Trinajstić information content (AvgIpc) is 2.02. The summed E-state index contributed by atoms with van der Waals surface area (Å²) < 4.78 is 4.93.